The third-order valence-corrected chi connectivity index (χ3v) is 17.7. The molecule has 0 aliphatic rings. The SMILES string of the molecule is CCCCCCCCCCCCCCC(=O)OC[C@H](COP(=O)(O)OC[C@@H](O)COP(=O)(O)OC[C@@H](COC(=O)CCCCCCC)OC(=O)CCCCCCCCCCC)OC(=O)CCCCCCCCCCCCCCCCCCCCC(C)C. The van der Waals surface area contributed by atoms with Gasteiger partial charge in [0.25, 0.3) is 0 Å². The van der Waals surface area contributed by atoms with Crippen molar-refractivity contribution < 1.29 is 80.2 Å². The molecule has 516 valence electrons. The summed E-state index contributed by atoms with van der Waals surface area (Å²) in [6, 6.07) is 0. The number of hydrogen-bond donors (Lipinski definition) is 3. The van der Waals surface area contributed by atoms with Crippen LogP contribution in [0.1, 0.15) is 349 Å². The van der Waals surface area contributed by atoms with Crippen LogP contribution in [0.3, 0.4) is 0 Å². The lowest BCUT2D eigenvalue weighted by Crippen LogP contribution is -2.30. The molecular weight excluding hydrogens is 1150 g/mol. The molecule has 0 rings (SSSR count). The van der Waals surface area contributed by atoms with E-state index in [0.29, 0.717) is 25.7 Å². The molecule has 0 heterocycles. The summed E-state index contributed by atoms with van der Waals surface area (Å²) in [5, 5.41) is 10.5. The molecule has 0 aliphatic carbocycles. The molecule has 87 heavy (non-hydrogen) atoms. The Kier molecular flexibility index (Phi) is 60.2. The average molecular weight is 1280 g/mol. The van der Waals surface area contributed by atoms with Crippen LogP contribution >= 0.6 is 15.6 Å². The van der Waals surface area contributed by atoms with Crippen molar-refractivity contribution in [2.45, 2.75) is 368 Å². The first kappa shape index (κ1) is 85.1. The summed E-state index contributed by atoms with van der Waals surface area (Å²) in [6.45, 7) is 7.16. The molecule has 0 bridgehead atoms. The molecular formula is C68H132O17P2. The first-order valence-corrected chi connectivity index (χ1v) is 38.6. The maximum Gasteiger partial charge on any atom is 0.472 e. The predicted molar refractivity (Wildman–Crippen MR) is 349 cm³/mol. The lowest BCUT2D eigenvalue weighted by Gasteiger charge is -2.21. The maximum atomic E-state index is 13.0. The van der Waals surface area contributed by atoms with Crippen LogP contribution in [0.2, 0.25) is 0 Å². The highest BCUT2D eigenvalue weighted by molar-refractivity contribution is 7.47. The minimum Gasteiger partial charge on any atom is -0.462 e. The fourth-order valence-corrected chi connectivity index (χ4v) is 11.9. The summed E-state index contributed by atoms with van der Waals surface area (Å²) in [7, 11) is -9.88. The zero-order valence-electron chi connectivity index (χ0n) is 56.2. The van der Waals surface area contributed by atoms with Crippen LogP contribution in [0.4, 0.5) is 0 Å². The quantitative estimate of drug-likeness (QED) is 0.0222. The molecule has 3 N–H and O–H groups in total. The van der Waals surface area contributed by atoms with Gasteiger partial charge in [0.2, 0.25) is 0 Å². The minimum atomic E-state index is -4.95. The number of phosphoric acid groups is 2. The van der Waals surface area contributed by atoms with Gasteiger partial charge in [-0.05, 0) is 31.6 Å². The largest absolute Gasteiger partial charge is 0.472 e. The van der Waals surface area contributed by atoms with Crippen LogP contribution in [-0.4, -0.2) is 96.7 Å². The number of esters is 4. The van der Waals surface area contributed by atoms with Gasteiger partial charge in [-0.15, -0.1) is 0 Å². The van der Waals surface area contributed by atoms with Gasteiger partial charge in [0.1, 0.15) is 19.3 Å². The van der Waals surface area contributed by atoms with Crippen molar-refractivity contribution in [3.8, 4) is 0 Å². The molecule has 0 fully saturated rings. The van der Waals surface area contributed by atoms with Gasteiger partial charge in [0, 0.05) is 25.7 Å². The van der Waals surface area contributed by atoms with Crippen LogP contribution in [0, 0.1) is 5.92 Å². The van der Waals surface area contributed by atoms with E-state index < -0.39 is 97.5 Å². The minimum absolute atomic E-state index is 0.105. The number of aliphatic hydroxyl groups excluding tert-OH is 1. The molecule has 2 unspecified atom stereocenters. The Bertz CT molecular complexity index is 1690. The predicted octanol–water partition coefficient (Wildman–Crippen LogP) is 19.4. The Morgan fingerprint density at radius 2 is 0.529 bits per heavy atom. The van der Waals surface area contributed by atoms with Gasteiger partial charge < -0.3 is 33.8 Å². The van der Waals surface area contributed by atoms with E-state index in [1.54, 1.807) is 0 Å². The summed E-state index contributed by atoms with van der Waals surface area (Å²) >= 11 is 0. The molecule has 0 saturated heterocycles. The number of carbonyl (C=O) groups is 4. The van der Waals surface area contributed by atoms with Crippen molar-refractivity contribution in [3.63, 3.8) is 0 Å². The van der Waals surface area contributed by atoms with Crippen LogP contribution in [0.5, 0.6) is 0 Å². The highest BCUT2D eigenvalue weighted by Crippen LogP contribution is 2.45. The van der Waals surface area contributed by atoms with Crippen molar-refractivity contribution in [2.75, 3.05) is 39.6 Å². The van der Waals surface area contributed by atoms with Crippen molar-refractivity contribution in [3.05, 3.63) is 0 Å². The molecule has 0 amide bonds. The summed E-state index contributed by atoms with van der Waals surface area (Å²) in [5.74, 6) is -1.32. The molecule has 0 aliphatic heterocycles. The smallest absolute Gasteiger partial charge is 0.462 e. The second-order valence-electron chi connectivity index (χ2n) is 25.0. The third kappa shape index (κ3) is 62.6. The highest BCUT2D eigenvalue weighted by Gasteiger charge is 2.30. The fraction of sp³-hybridized carbons (Fsp3) is 0.941. The van der Waals surface area contributed by atoms with Gasteiger partial charge in [-0.1, -0.05) is 298 Å². The zero-order chi connectivity index (χ0) is 64.2. The van der Waals surface area contributed by atoms with Crippen LogP contribution in [0.15, 0.2) is 0 Å². The second kappa shape index (κ2) is 61.6. The first-order valence-electron chi connectivity index (χ1n) is 35.6. The standard InChI is InChI=1S/C68H132O17P2/c1-6-9-12-15-17-19-20-30-34-37-42-47-52-66(71)79-58-64(85-68(73)54-49-44-39-35-31-28-26-24-22-21-23-25-27-29-33-36-41-45-50-61(4)5)60-83-87(76,77)81-56-62(69)55-80-86(74,75)82-59-63(57-78-65(70)51-46-40-14-11-8-3)84-67(72)53-48-43-38-32-18-16-13-10-7-2/h61-64,69H,6-60H2,1-5H3,(H,74,75)(H,76,77)/t62-,63+,64+/m0/s1. The van der Waals surface area contributed by atoms with Gasteiger partial charge in [-0.2, -0.15) is 0 Å². The highest BCUT2D eigenvalue weighted by atomic mass is 31.2. The van der Waals surface area contributed by atoms with Crippen molar-refractivity contribution in [2.24, 2.45) is 5.92 Å². The Morgan fingerprint density at radius 1 is 0.310 bits per heavy atom. The van der Waals surface area contributed by atoms with Crippen molar-refractivity contribution >= 4 is 39.5 Å². The molecule has 17 nitrogen and oxygen atoms in total. The Hall–Kier alpha value is -1.94. The Morgan fingerprint density at radius 3 is 0.782 bits per heavy atom. The molecule has 0 spiro atoms. The third-order valence-electron chi connectivity index (χ3n) is 15.8. The van der Waals surface area contributed by atoms with E-state index in [-0.39, 0.29) is 25.7 Å². The van der Waals surface area contributed by atoms with Gasteiger partial charge in [0.15, 0.2) is 12.2 Å². The number of ether oxygens (including phenoxy) is 4. The molecule has 5 atom stereocenters. The number of hydrogen-bond acceptors (Lipinski definition) is 15. The average Bonchev–Trinajstić information content (AvgIpc) is 3.70. The summed E-state index contributed by atoms with van der Waals surface area (Å²) < 4.78 is 67.9. The van der Waals surface area contributed by atoms with Gasteiger partial charge in [0.05, 0.1) is 26.4 Å². The van der Waals surface area contributed by atoms with Gasteiger partial charge in [-0.25, -0.2) is 9.13 Å². The van der Waals surface area contributed by atoms with E-state index >= 15 is 0 Å². The molecule has 0 radical (unpaired) electrons. The Balaban J connectivity index is 5.09. The normalized spacial score (nSPS) is 14.1. The lowest BCUT2D eigenvalue weighted by atomic mass is 10.0. The molecule has 0 aromatic heterocycles. The van der Waals surface area contributed by atoms with Gasteiger partial charge in [-0.3, -0.25) is 37.3 Å². The second-order valence-corrected chi connectivity index (χ2v) is 27.9. The van der Waals surface area contributed by atoms with Crippen molar-refractivity contribution in [1.29, 1.82) is 0 Å². The number of carbonyl (C=O) groups excluding carboxylic acids is 4. The molecule has 0 saturated carbocycles. The number of unbranched alkanes of at least 4 members (excludes halogenated alkanes) is 40. The molecule has 0 aromatic carbocycles. The topological polar surface area (TPSA) is 237 Å². The van der Waals surface area contributed by atoms with E-state index in [1.807, 2.05) is 0 Å². The zero-order valence-corrected chi connectivity index (χ0v) is 57.9. The van der Waals surface area contributed by atoms with Crippen LogP contribution in [-0.2, 0) is 65.4 Å². The summed E-state index contributed by atoms with van der Waals surface area (Å²) in [5.41, 5.74) is 0. The Labute approximate surface area is 530 Å². The number of phosphoric ester groups is 2. The van der Waals surface area contributed by atoms with Crippen molar-refractivity contribution in [1.82, 2.24) is 0 Å². The van der Waals surface area contributed by atoms with E-state index in [0.717, 1.165) is 102 Å². The van der Waals surface area contributed by atoms with Crippen LogP contribution < -0.4 is 0 Å². The first-order chi connectivity index (χ1) is 42.0. The fourth-order valence-electron chi connectivity index (χ4n) is 10.3. The monoisotopic (exact) mass is 1280 g/mol. The van der Waals surface area contributed by atoms with E-state index in [2.05, 4.69) is 34.6 Å². The van der Waals surface area contributed by atoms with E-state index in [4.69, 9.17) is 37.0 Å². The lowest BCUT2D eigenvalue weighted by molar-refractivity contribution is -0.161. The summed E-state index contributed by atoms with van der Waals surface area (Å²) in [6.07, 6.45) is 47.7. The molecule has 19 heteroatoms. The maximum absolute atomic E-state index is 13.0. The van der Waals surface area contributed by atoms with E-state index in [9.17, 15) is 43.2 Å². The molecule has 0 aromatic rings. The van der Waals surface area contributed by atoms with Crippen LogP contribution in [0.25, 0.3) is 0 Å². The van der Waals surface area contributed by atoms with E-state index in [1.165, 1.54) is 167 Å². The summed E-state index contributed by atoms with van der Waals surface area (Å²) in [4.78, 5) is 72.1. The van der Waals surface area contributed by atoms with Gasteiger partial charge >= 0.3 is 39.5 Å². The number of rotatable bonds is 68. The number of aliphatic hydroxyl groups is 1.